The molecule has 158 valence electrons. The van der Waals surface area contributed by atoms with E-state index in [0.29, 0.717) is 41.7 Å². The zero-order chi connectivity index (χ0) is 20.1. The van der Waals surface area contributed by atoms with Gasteiger partial charge in [-0.05, 0) is 66.5 Å². The molecule has 2 aliphatic rings. The summed E-state index contributed by atoms with van der Waals surface area (Å²) in [5, 5.41) is 6.96. The van der Waals surface area contributed by atoms with Crippen molar-refractivity contribution < 1.29 is 14.1 Å². The number of likely N-dealkylation sites (tertiary alicyclic amines) is 1. The van der Waals surface area contributed by atoms with Gasteiger partial charge in [0.1, 0.15) is 11.3 Å². The maximum absolute atomic E-state index is 12.5. The van der Waals surface area contributed by atoms with Gasteiger partial charge in [0.2, 0.25) is 0 Å². The molecule has 1 aromatic heterocycles. The molecule has 3 heterocycles. The normalized spacial score (nSPS) is 20.2. The monoisotopic (exact) mass is 392 g/mol. The lowest BCUT2D eigenvalue weighted by atomic mass is 9.97. The Labute approximate surface area is 168 Å². The maximum Gasteiger partial charge on any atom is 0.256 e. The van der Waals surface area contributed by atoms with Gasteiger partial charge in [-0.1, -0.05) is 5.16 Å². The van der Waals surface area contributed by atoms with E-state index >= 15 is 0 Å². The molecule has 2 fully saturated rings. The van der Waals surface area contributed by atoms with E-state index in [-0.39, 0.29) is 5.91 Å². The van der Waals surface area contributed by atoms with Crippen LogP contribution in [0.15, 0.2) is 4.52 Å². The molecule has 28 heavy (non-hydrogen) atoms. The van der Waals surface area contributed by atoms with Crippen LogP contribution >= 0.6 is 0 Å². The highest BCUT2D eigenvalue weighted by Crippen LogP contribution is 2.24. The molecular weight excluding hydrogens is 356 g/mol. The van der Waals surface area contributed by atoms with E-state index in [1.807, 2.05) is 6.92 Å². The van der Waals surface area contributed by atoms with E-state index in [4.69, 9.17) is 9.26 Å². The van der Waals surface area contributed by atoms with Gasteiger partial charge in [0.05, 0.1) is 5.69 Å². The van der Waals surface area contributed by atoms with Crippen molar-refractivity contribution in [1.29, 1.82) is 0 Å². The summed E-state index contributed by atoms with van der Waals surface area (Å²) in [4.78, 5) is 17.8. The Morgan fingerprint density at radius 2 is 1.82 bits per heavy atom. The Morgan fingerprint density at radius 3 is 2.39 bits per heavy atom. The number of carbonyl (C=O) groups excluding carboxylic acids is 1. The fourth-order valence-corrected chi connectivity index (χ4v) is 4.61. The summed E-state index contributed by atoms with van der Waals surface area (Å²) < 4.78 is 10.7. The molecule has 0 radical (unpaired) electrons. The molecular formula is C21H36N4O3. The highest BCUT2D eigenvalue weighted by Gasteiger charge is 2.31. The Hall–Kier alpha value is -1.44. The smallest absolute Gasteiger partial charge is 0.256 e. The molecule has 1 amide bonds. The minimum absolute atomic E-state index is 0.0854. The third kappa shape index (κ3) is 5.13. The number of nitrogens with zero attached hydrogens (tertiary/aromatic N) is 3. The quantitative estimate of drug-likeness (QED) is 0.768. The number of rotatable bonds is 7. The van der Waals surface area contributed by atoms with Gasteiger partial charge >= 0.3 is 0 Å². The molecule has 7 nitrogen and oxygen atoms in total. The van der Waals surface area contributed by atoms with Crippen molar-refractivity contribution in [3.05, 3.63) is 17.0 Å². The molecule has 0 bridgehead atoms. The lowest BCUT2D eigenvalue weighted by molar-refractivity contribution is 0.0000203. The van der Waals surface area contributed by atoms with E-state index in [2.05, 4.69) is 34.1 Å². The second-order valence-electron chi connectivity index (χ2n) is 8.40. The van der Waals surface area contributed by atoms with Crippen LogP contribution in [0.3, 0.4) is 0 Å². The van der Waals surface area contributed by atoms with E-state index in [1.165, 1.54) is 12.8 Å². The first-order valence-corrected chi connectivity index (χ1v) is 10.8. The molecule has 0 spiro atoms. The second-order valence-corrected chi connectivity index (χ2v) is 8.40. The topological polar surface area (TPSA) is 70.8 Å². The molecule has 7 heteroatoms. The van der Waals surface area contributed by atoms with Crippen molar-refractivity contribution in [1.82, 2.24) is 20.3 Å². The number of hydrogen-bond acceptors (Lipinski definition) is 6. The van der Waals surface area contributed by atoms with Gasteiger partial charge in [-0.3, -0.25) is 9.69 Å². The lowest BCUT2D eigenvalue weighted by Crippen LogP contribution is -2.53. The summed E-state index contributed by atoms with van der Waals surface area (Å²) in [6.45, 7) is 13.7. The van der Waals surface area contributed by atoms with Gasteiger partial charge < -0.3 is 19.5 Å². The highest BCUT2D eigenvalue weighted by atomic mass is 16.5. The Balaban J connectivity index is 1.57. The van der Waals surface area contributed by atoms with Crippen molar-refractivity contribution in [2.45, 2.75) is 71.5 Å². The average Bonchev–Trinajstić information content (AvgIpc) is 3.04. The van der Waals surface area contributed by atoms with Gasteiger partial charge in [0.15, 0.2) is 0 Å². The van der Waals surface area contributed by atoms with E-state index in [9.17, 15) is 4.79 Å². The largest absolute Gasteiger partial charge is 0.381 e. The lowest BCUT2D eigenvalue weighted by Gasteiger charge is -2.44. The van der Waals surface area contributed by atoms with Crippen LogP contribution in [0, 0.1) is 13.8 Å². The first-order valence-electron chi connectivity index (χ1n) is 10.8. The van der Waals surface area contributed by atoms with Crippen LogP contribution in [-0.2, 0) is 4.74 Å². The molecule has 1 aromatic rings. The maximum atomic E-state index is 12.5. The predicted octanol–water partition coefficient (Wildman–Crippen LogP) is 2.38. The first-order chi connectivity index (χ1) is 13.5. The minimum atomic E-state index is -0.0854. The number of ether oxygens (including phenoxy) is 1. The standard InChI is InChI=1S/C21H36N4O3/c1-15(2)24-10-5-18(6-11-24)25(19-7-13-27-14-8-19)12-9-22-21(26)20-16(3)23-28-17(20)4/h15,18-19H,5-14H2,1-4H3,(H,22,26). The van der Waals surface area contributed by atoms with Crippen LogP contribution in [0.4, 0.5) is 0 Å². The third-order valence-corrected chi connectivity index (χ3v) is 6.27. The molecule has 0 aliphatic carbocycles. The zero-order valence-electron chi connectivity index (χ0n) is 17.9. The molecule has 3 rings (SSSR count). The zero-order valence-corrected chi connectivity index (χ0v) is 17.9. The van der Waals surface area contributed by atoms with E-state index in [0.717, 1.165) is 45.7 Å². The van der Waals surface area contributed by atoms with Gasteiger partial charge in [-0.2, -0.15) is 0 Å². The molecule has 0 unspecified atom stereocenters. The summed E-state index contributed by atoms with van der Waals surface area (Å²) in [6, 6.07) is 1.76. The van der Waals surface area contributed by atoms with Crippen molar-refractivity contribution in [2.24, 2.45) is 0 Å². The summed E-state index contributed by atoms with van der Waals surface area (Å²) >= 11 is 0. The van der Waals surface area contributed by atoms with Crippen molar-refractivity contribution >= 4 is 5.91 Å². The number of aryl methyl sites for hydroxylation is 2. The highest BCUT2D eigenvalue weighted by molar-refractivity contribution is 5.96. The van der Waals surface area contributed by atoms with Crippen LogP contribution in [0.25, 0.3) is 0 Å². The van der Waals surface area contributed by atoms with Gasteiger partial charge in [-0.15, -0.1) is 0 Å². The summed E-state index contributed by atoms with van der Waals surface area (Å²) in [7, 11) is 0. The van der Waals surface area contributed by atoms with E-state index < -0.39 is 0 Å². The molecule has 2 saturated heterocycles. The Morgan fingerprint density at radius 1 is 1.18 bits per heavy atom. The molecule has 2 aliphatic heterocycles. The van der Waals surface area contributed by atoms with Crippen molar-refractivity contribution in [2.75, 3.05) is 39.4 Å². The van der Waals surface area contributed by atoms with Crippen molar-refractivity contribution in [3.8, 4) is 0 Å². The Bertz CT molecular complexity index is 612. The second kappa shape index (κ2) is 9.85. The summed E-state index contributed by atoms with van der Waals surface area (Å²) in [5.74, 6) is 0.496. The summed E-state index contributed by atoms with van der Waals surface area (Å²) in [5.41, 5.74) is 1.22. The SMILES string of the molecule is Cc1noc(C)c1C(=O)NCCN(C1CCOCC1)C1CCN(C(C)C)CC1. The molecule has 0 atom stereocenters. The molecule has 0 saturated carbocycles. The number of hydrogen-bond donors (Lipinski definition) is 1. The van der Waals surface area contributed by atoms with Crippen molar-refractivity contribution in [3.63, 3.8) is 0 Å². The fourth-order valence-electron chi connectivity index (χ4n) is 4.61. The summed E-state index contributed by atoms with van der Waals surface area (Å²) in [6.07, 6.45) is 4.57. The predicted molar refractivity (Wildman–Crippen MR) is 109 cm³/mol. The van der Waals surface area contributed by atoms with Crippen LogP contribution in [0.2, 0.25) is 0 Å². The fraction of sp³-hybridized carbons (Fsp3) is 0.810. The number of amides is 1. The van der Waals surface area contributed by atoms with Crippen LogP contribution in [0.5, 0.6) is 0 Å². The van der Waals surface area contributed by atoms with Gasteiger partial charge in [0, 0.05) is 44.4 Å². The van der Waals surface area contributed by atoms with Gasteiger partial charge in [-0.25, -0.2) is 0 Å². The Kier molecular flexibility index (Phi) is 7.48. The van der Waals surface area contributed by atoms with Crippen LogP contribution in [-0.4, -0.2) is 78.4 Å². The minimum Gasteiger partial charge on any atom is -0.381 e. The molecule has 1 N–H and O–H groups in total. The van der Waals surface area contributed by atoms with Gasteiger partial charge in [0.25, 0.3) is 5.91 Å². The number of nitrogens with one attached hydrogen (secondary N) is 1. The number of aromatic nitrogens is 1. The van der Waals surface area contributed by atoms with Crippen LogP contribution in [0.1, 0.15) is 61.3 Å². The molecule has 0 aromatic carbocycles. The first kappa shape index (κ1) is 21.3. The van der Waals surface area contributed by atoms with E-state index in [1.54, 1.807) is 6.92 Å². The number of piperidine rings is 1. The van der Waals surface area contributed by atoms with Crippen LogP contribution < -0.4 is 5.32 Å². The third-order valence-electron chi connectivity index (χ3n) is 6.27. The average molecular weight is 393 g/mol. The number of carbonyl (C=O) groups is 1.